The molecule has 160 valence electrons. The van der Waals surface area contributed by atoms with Crippen molar-refractivity contribution in [2.75, 3.05) is 17.7 Å². The topological polar surface area (TPSA) is 115 Å². The number of hydrogen-bond donors (Lipinski definition) is 2. The minimum atomic E-state index is -0.278. The largest absolute Gasteiger partial charge is 0.491 e. The Hall–Kier alpha value is -3.66. The smallest absolute Gasteiger partial charge is 0.244 e. The highest BCUT2D eigenvalue weighted by Crippen LogP contribution is 2.19. The van der Waals surface area contributed by atoms with Gasteiger partial charge >= 0.3 is 0 Å². The molecular weight excluding hydrogens is 418 g/mol. The summed E-state index contributed by atoms with van der Waals surface area (Å²) < 4.78 is 6.78. The SMILES string of the molecule is COc1cn(CC(=O)Nc2ccc(NC(C)=O)cc2)c(CSc2ncccn2)cc1=O. The third-order valence-corrected chi connectivity index (χ3v) is 5.01. The van der Waals surface area contributed by atoms with Gasteiger partial charge in [-0.1, -0.05) is 11.8 Å². The Bertz CT molecular complexity index is 1120. The molecule has 2 amide bonds. The van der Waals surface area contributed by atoms with Crippen LogP contribution in [0.5, 0.6) is 5.75 Å². The van der Waals surface area contributed by atoms with Crippen molar-refractivity contribution >= 4 is 35.0 Å². The lowest BCUT2D eigenvalue weighted by Gasteiger charge is -2.15. The first-order chi connectivity index (χ1) is 14.9. The normalized spacial score (nSPS) is 10.4. The predicted octanol–water partition coefficient (Wildman–Crippen LogP) is 2.54. The van der Waals surface area contributed by atoms with Crippen molar-refractivity contribution in [1.29, 1.82) is 0 Å². The Morgan fingerprint density at radius 2 is 1.74 bits per heavy atom. The number of amides is 2. The lowest BCUT2D eigenvalue weighted by atomic mass is 10.2. The Balaban J connectivity index is 1.73. The molecule has 9 nitrogen and oxygen atoms in total. The van der Waals surface area contributed by atoms with Crippen molar-refractivity contribution < 1.29 is 14.3 Å². The van der Waals surface area contributed by atoms with Gasteiger partial charge in [-0.2, -0.15) is 0 Å². The summed E-state index contributed by atoms with van der Waals surface area (Å²) in [5.41, 5.74) is 1.59. The highest BCUT2D eigenvalue weighted by atomic mass is 32.2. The molecule has 0 unspecified atom stereocenters. The number of benzene rings is 1. The van der Waals surface area contributed by atoms with Crippen LogP contribution < -0.4 is 20.8 Å². The molecular formula is C21H21N5O4S. The molecule has 0 radical (unpaired) electrons. The number of anilines is 2. The first kappa shape index (κ1) is 22.0. The van der Waals surface area contributed by atoms with Gasteiger partial charge < -0.3 is 19.9 Å². The van der Waals surface area contributed by atoms with Gasteiger partial charge in [-0.05, 0) is 30.3 Å². The van der Waals surface area contributed by atoms with Crippen molar-refractivity contribution in [2.45, 2.75) is 24.4 Å². The average Bonchev–Trinajstić information content (AvgIpc) is 2.75. The van der Waals surface area contributed by atoms with E-state index in [0.29, 0.717) is 28.0 Å². The number of rotatable bonds is 8. The van der Waals surface area contributed by atoms with E-state index in [1.807, 2.05) is 0 Å². The maximum absolute atomic E-state index is 12.6. The van der Waals surface area contributed by atoms with E-state index in [4.69, 9.17) is 4.74 Å². The van der Waals surface area contributed by atoms with Gasteiger partial charge in [0, 0.05) is 48.2 Å². The van der Waals surface area contributed by atoms with E-state index in [1.54, 1.807) is 47.3 Å². The first-order valence-electron chi connectivity index (χ1n) is 9.29. The Morgan fingerprint density at radius 3 is 2.35 bits per heavy atom. The van der Waals surface area contributed by atoms with Crippen LogP contribution in [0.25, 0.3) is 0 Å². The minimum absolute atomic E-state index is 0.0182. The molecule has 31 heavy (non-hydrogen) atoms. The van der Waals surface area contributed by atoms with Crippen LogP contribution >= 0.6 is 11.8 Å². The molecule has 0 aliphatic rings. The zero-order valence-electron chi connectivity index (χ0n) is 17.0. The summed E-state index contributed by atoms with van der Waals surface area (Å²) in [6.45, 7) is 1.41. The Morgan fingerprint density at radius 1 is 1.10 bits per heavy atom. The number of nitrogens with one attached hydrogen (secondary N) is 2. The van der Waals surface area contributed by atoms with E-state index in [2.05, 4.69) is 20.6 Å². The van der Waals surface area contributed by atoms with E-state index < -0.39 is 0 Å². The first-order valence-corrected chi connectivity index (χ1v) is 10.3. The number of carbonyl (C=O) groups excluding carboxylic acids is 2. The zero-order chi connectivity index (χ0) is 22.2. The second kappa shape index (κ2) is 10.4. The molecule has 2 aromatic heterocycles. The van der Waals surface area contributed by atoms with Gasteiger partial charge in [0.25, 0.3) is 0 Å². The van der Waals surface area contributed by atoms with Gasteiger partial charge in [-0.25, -0.2) is 9.97 Å². The molecule has 3 aromatic rings. The van der Waals surface area contributed by atoms with Gasteiger partial charge in [0.2, 0.25) is 17.2 Å². The van der Waals surface area contributed by atoms with Crippen LogP contribution in [0.3, 0.4) is 0 Å². The highest BCUT2D eigenvalue weighted by molar-refractivity contribution is 7.98. The number of pyridine rings is 1. The zero-order valence-corrected chi connectivity index (χ0v) is 17.8. The number of hydrogen-bond acceptors (Lipinski definition) is 7. The molecule has 0 aliphatic heterocycles. The van der Waals surface area contributed by atoms with Gasteiger partial charge in [0.05, 0.1) is 13.3 Å². The molecule has 0 aliphatic carbocycles. The third kappa shape index (κ3) is 6.41. The van der Waals surface area contributed by atoms with Gasteiger partial charge in [0.15, 0.2) is 10.9 Å². The second-order valence-electron chi connectivity index (χ2n) is 6.45. The number of methoxy groups -OCH3 is 1. The molecule has 0 bridgehead atoms. The number of ether oxygens (including phenoxy) is 1. The van der Waals surface area contributed by atoms with Crippen LogP contribution in [-0.4, -0.2) is 33.5 Å². The second-order valence-corrected chi connectivity index (χ2v) is 7.39. The number of carbonyl (C=O) groups is 2. The van der Waals surface area contributed by atoms with E-state index in [-0.39, 0.29) is 29.5 Å². The van der Waals surface area contributed by atoms with E-state index in [1.165, 1.54) is 38.1 Å². The fourth-order valence-electron chi connectivity index (χ4n) is 2.71. The van der Waals surface area contributed by atoms with Crippen molar-refractivity contribution in [1.82, 2.24) is 14.5 Å². The minimum Gasteiger partial charge on any atom is -0.491 e. The van der Waals surface area contributed by atoms with E-state index >= 15 is 0 Å². The van der Waals surface area contributed by atoms with Crippen molar-refractivity contribution in [3.63, 3.8) is 0 Å². The lowest BCUT2D eigenvalue weighted by molar-refractivity contribution is -0.117. The standard InChI is InChI=1S/C21H21N5O4S/c1-14(27)24-15-4-6-16(7-5-15)25-20(29)12-26-11-19(30-2)18(28)10-17(26)13-31-21-22-8-3-9-23-21/h3-11H,12-13H2,1-2H3,(H,24,27)(H,25,29). The fraction of sp³-hybridized carbons (Fsp3) is 0.190. The number of aromatic nitrogens is 3. The van der Waals surface area contributed by atoms with Crippen LogP contribution in [0.1, 0.15) is 12.6 Å². The predicted molar refractivity (Wildman–Crippen MR) is 118 cm³/mol. The number of thioether (sulfide) groups is 1. The monoisotopic (exact) mass is 439 g/mol. The van der Waals surface area contributed by atoms with Crippen LogP contribution in [0.2, 0.25) is 0 Å². The quantitative estimate of drug-likeness (QED) is 0.409. The molecule has 2 N–H and O–H groups in total. The summed E-state index contributed by atoms with van der Waals surface area (Å²) >= 11 is 1.36. The summed E-state index contributed by atoms with van der Waals surface area (Å²) in [4.78, 5) is 44.2. The summed E-state index contributed by atoms with van der Waals surface area (Å²) in [5.74, 6) is 0.106. The van der Waals surface area contributed by atoms with Gasteiger partial charge in [-0.3, -0.25) is 14.4 Å². The van der Waals surface area contributed by atoms with Gasteiger partial charge in [0.1, 0.15) is 6.54 Å². The molecule has 0 spiro atoms. The summed E-state index contributed by atoms with van der Waals surface area (Å²) in [7, 11) is 1.41. The molecule has 0 fully saturated rings. The Kier molecular flexibility index (Phi) is 7.39. The molecule has 0 atom stereocenters. The molecule has 0 saturated carbocycles. The molecule has 2 heterocycles. The molecule has 1 aromatic carbocycles. The average molecular weight is 439 g/mol. The lowest BCUT2D eigenvalue weighted by Crippen LogP contribution is -2.22. The highest BCUT2D eigenvalue weighted by Gasteiger charge is 2.12. The van der Waals surface area contributed by atoms with Crippen molar-refractivity contribution in [2.24, 2.45) is 0 Å². The van der Waals surface area contributed by atoms with Crippen LogP contribution in [0.15, 0.2) is 64.9 Å². The van der Waals surface area contributed by atoms with Crippen LogP contribution in [0, 0.1) is 0 Å². The number of nitrogens with zero attached hydrogens (tertiary/aromatic N) is 3. The fourth-order valence-corrected chi connectivity index (χ4v) is 3.51. The van der Waals surface area contributed by atoms with Crippen LogP contribution in [-0.2, 0) is 21.9 Å². The summed E-state index contributed by atoms with van der Waals surface area (Å²) in [6.07, 6.45) is 4.80. The van der Waals surface area contributed by atoms with Crippen LogP contribution in [0.4, 0.5) is 11.4 Å². The maximum atomic E-state index is 12.6. The van der Waals surface area contributed by atoms with Crippen molar-refractivity contribution in [3.8, 4) is 5.75 Å². The van der Waals surface area contributed by atoms with E-state index in [9.17, 15) is 14.4 Å². The molecule has 3 rings (SSSR count). The van der Waals surface area contributed by atoms with Crippen molar-refractivity contribution in [3.05, 3.63) is 70.9 Å². The molecule has 0 saturated heterocycles. The summed E-state index contributed by atoms with van der Waals surface area (Å²) in [5, 5.41) is 6.04. The maximum Gasteiger partial charge on any atom is 0.244 e. The van der Waals surface area contributed by atoms with E-state index in [0.717, 1.165) is 0 Å². The Labute approximate surface area is 182 Å². The summed E-state index contributed by atoms with van der Waals surface area (Å²) in [6, 6.07) is 9.95. The van der Waals surface area contributed by atoms with Gasteiger partial charge in [-0.15, -0.1) is 0 Å². The third-order valence-electron chi connectivity index (χ3n) is 4.10. The molecule has 10 heteroatoms.